The molecule has 0 aromatic heterocycles. The minimum Gasteiger partial charge on any atom is -0.457 e. The molecule has 3 aromatic carbocycles. The molecule has 3 nitrogen and oxygen atoms in total. The molecule has 0 bridgehead atoms. The summed E-state index contributed by atoms with van der Waals surface area (Å²) in [6.45, 7) is 1.79. The van der Waals surface area contributed by atoms with E-state index in [1.54, 1.807) is 6.92 Å². The molecule has 3 heteroatoms. The number of rotatable bonds is 3. The lowest BCUT2D eigenvalue weighted by atomic mass is 9.77. The molecule has 1 unspecified atom stereocenters. The summed E-state index contributed by atoms with van der Waals surface area (Å²) in [5.41, 5.74) is 0.750. The molecule has 1 heterocycles. The predicted octanol–water partition coefficient (Wildman–Crippen LogP) is 4.57. The van der Waals surface area contributed by atoms with Gasteiger partial charge in [-0.1, -0.05) is 66.7 Å². The lowest BCUT2D eigenvalue weighted by molar-refractivity contribution is -0.153. The van der Waals surface area contributed by atoms with Crippen molar-refractivity contribution in [3.05, 3.63) is 83.9 Å². The van der Waals surface area contributed by atoms with Gasteiger partial charge >= 0.3 is 5.97 Å². The van der Waals surface area contributed by atoms with E-state index in [-0.39, 0.29) is 12.1 Å². The van der Waals surface area contributed by atoms with Crippen LogP contribution < -0.4 is 0 Å². The SMILES string of the molecule is C[C@@]1(C(O)c2ccc3ccccc3c2)C[C@H](c2ccccc2)OC1=O. The Labute approximate surface area is 146 Å². The molecule has 0 saturated carbocycles. The van der Waals surface area contributed by atoms with Gasteiger partial charge in [0.1, 0.15) is 6.10 Å². The number of esters is 1. The van der Waals surface area contributed by atoms with Crippen molar-refractivity contribution in [1.29, 1.82) is 0 Å². The molecule has 0 radical (unpaired) electrons. The Bertz CT molecular complexity index is 919. The summed E-state index contributed by atoms with van der Waals surface area (Å²) in [5, 5.41) is 13.1. The van der Waals surface area contributed by atoms with Crippen LogP contribution in [0.5, 0.6) is 0 Å². The Balaban J connectivity index is 1.65. The van der Waals surface area contributed by atoms with Gasteiger partial charge in [0.15, 0.2) is 0 Å². The molecule has 3 aromatic rings. The number of benzene rings is 3. The van der Waals surface area contributed by atoms with Crippen molar-refractivity contribution in [2.45, 2.75) is 25.6 Å². The van der Waals surface area contributed by atoms with Gasteiger partial charge in [0.25, 0.3) is 0 Å². The Morgan fingerprint density at radius 2 is 1.68 bits per heavy atom. The highest BCUT2D eigenvalue weighted by molar-refractivity contribution is 5.84. The summed E-state index contributed by atoms with van der Waals surface area (Å²) < 4.78 is 5.59. The lowest BCUT2D eigenvalue weighted by Crippen LogP contribution is -2.30. The summed E-state index contributed by atoms with van der Waals surface area (Å²) in [6.07, 6.45) is -0.753. The quantitative estimate of drug-likeness (QED) is 0.715. The van der Waals surface area contributed by atoms with Crippen LogP contribution in [0.25, 0.3) is 10.8 Å². The van der Waals surface area contributed by atoms with Crippen LogP contribution in [0.15, 0.2) is 72.8 Å². The van der Waals surface area contributed by atoms with E-state index in [9.17, 15) is 9.90 Å². The van der Waals surface area contributed by atoms with Crippen molar-refractivity contribution >= 4 is 16.7 Å². The number of aliphatic hydroxyl groups excluding tert-OH is 1. The third kappa shape index (κ3) is 2.71. The van der Waals surface area contributed by atoms with Crippen molar-refractivity contribution < 1.29 is 14.6 Å². The van der Waals surface area contributed by atoms with Crippen molar-refractivity contribution in [3.63, 3.8) is 0 Å². The molecule has 25 heavy (non-hydrogen) atoms. The van der Waals surface area contributed by atoms with E-state index >= 15 is 0 Å². The standard InChI is InChI=1S/C22H20O3/c1-22(14-19(25-21(22)24)16-8-3-2-4-9-16)20(23)18-12-11-15-7-5-6-10-17(15)13-18/h2-13,19-20,23H,14H2,1H3/t19-,20?,22+/m1/s1. The normalized spacial score (nSPS) is 24.2. The molecule has 0 aliphatic carbocycles. The van der Waals surface area contributed by atoms with Crippen LogP contribution in [0, 0.1) is 5.41 Å². The smallest absolute Gasteiger partial charge is 0.315 e. The molecule has 0 spiro atoms. The highest BCUT2D eigenvalue weighted by Crippen LogP contribution is 2.49. The van der Waals surface area contributed by atoms with Gasteiger partial charge < -0.3 is 9.84 Å². The summed E-state index contributed by atoms with van der Waals surface area (Å²) in [5.74, 6) is -0.345. The minimum atomic E-state index is -0.955. The topological polar surface area (TPSA) is 46.5 Å². The molecule has 1 aliphatic rings. The fourth-order valence-corrected chi connectivity index (χ4v) is 3.60. The van der Waals surface area contributed by atoms with E-state index in [0.29, 0.717) is 6.42 Å². The molecule has 126 valence electrons. The second-order valence-corrected chi connectivity index (χ2v) is 6.94. The highest BCUT2D eigenvalue weighted by atomic mass is 16.6. The molecule has 3 atom stereocenters. The minimum absolute atomic E-state index is 0.311. The lowest BCUT2D eigenvalue weighted by Gasteiger charge is -2.26. The summed E-state index contributed by atoms with van der Waals surface area (Å²) in [6, 6.07) is 23.5. The van der Waals surface area contributed by atoms with E-state index in [1.165, 1.54) is 0 Å². The van der Waals surface area contributed by atoms with Gasteiger partial charge in [0.2, 0.25) is 0 Å². The second-order valence-electron chi connectivity index (χ2n) is 6.94. The molecule has 1 fully saturated rings. The summed E-state index contributed by atoms with van der Waals surface area (Å²) >= 11 is 0. The van der Waals surface area contributed by atoms with Crippen LogP contribution in [-0.2, 0) is 9.53 Å². The highest BCUT2D eigenvalue weighted by Gasteiger charge is 2.51. The molecule has 0 amide bonds. The first-order chi connectivity index (χ1) is 12.1. The Morgan fingerprint density at radius 3 is 2.44 bits per heavy atom. The zero-order valence-electron chi connectivity index (χ0n) is 14.1. The third-order valence-corrected chi connectivity index (χ3v) is 5.19. The number of aliphatic hydroxyl groups is 1. The first-order valence-electron chi connectivity index (χ1n) is 8.51. The zero-order chi connectivity index (χ0) is 17.4. The van der Waals surface area contributed by atoms with Gasteiger partial charge in [0, 0.05) is 6.42 Å². The van der Waals surface area contributed by atoms with Crippen LogP contribution in [0.3, 0.4) is 0 Å². The third-order valence-electron chi connectivity index (χ3n) is 5.19. The summed E-state index contributed by atoms with van der Waals surface area (Å²) in [4.78, 5) is 12.6. The van der Waals surface area contributed by atoms with Crippen LogP contribution in [0.1, 0.15) is 36.7 Å². The zero-order valence-corrected chi connectivity index (χ0v) is 14.1. The Morgan fingerprint density at radius 1 is 1.00 bits per heavy atom. The van der Waals surface area contributed by atoms with Crippen LogP contribution in [0.4, 0.5) is 0 Å². The maximum Gasteiger partial charge on any atom is 0.315 e. The van der Waals surface area contributed by atoms with E-state index in [2.05, 4.69) is 0 Å². The van der Waals surface area contributed by atoms with Crippen molar-refractivity contribution in [2.75, 3.05) is 0 Å². The van der Waals surface area contributed by atoms with Gasteiger partial charge in [-0.3, -0.25) is 4.79 Å². The van der Waals surface area contributed by atoms with Gasteiger partial charge in [-0.2, -0.15) is 0 Å². The maximum absolute atomic E-state index is 12.6. The van der Waals surface area contributed by atoms with E-state index in [1.807, 2.05) is 72.8 Å². The number of carbonyl (C=O) groups is 1. The predicted molar refractivity (Wildman–Crippen MR) is 96.9 cm³/mol. The summed E-state index contributed by atoms with van der Waals surface area (Å²) in [7, 11) is 0. The van der Waals surface area contributed by atoms with E-state index in [4.69, 9.17) is 4.74 Å². The first kappa shape index (κ1) is 15.9. The molecule has 1 saturated heterocycles. The van der Waals surface area contributed by atoms with E-state index in [0.717, 1.165) is 21.9 Å². The largest absolute Gasteiger partial charge is 0.457 e. The van der Waals surface area contributed by atoms with Crippen molar-refractivity contribution in [2.24, 2.45) is 5.41 Å². The van der Waals surface area contributed by atoms with Crippen molar-refractivity contribution in [1.82, 2.24) is 0 Å². The number of ether oxygens (including phenoxy) is 1. The Kier molecular flexibility index (Phi) is 3.81. The van der Waals surface area contributed by atoms with Gasteiger partial charge in [0.05, 0.1) is 11.5 Å². The van der Waals surface area contributed by atoms with Gasteiger partial charge in [-0.25, -0.2) is 0 Å². The van der Waals surface area contributed by atoms with Crippen LogP contribution >= 0.6 is 0 Å². The number of hydrogen-bond donors (Lipinski definition) is 1. The molecular weight excluding hydrogens is 312 g/mol. The maximum atomic E-state index is 12.6. The number of cyclic esters (lactones) is 1. The fourth-order valence-electron chi connectivity index (χ4n) is 3.60. The number of carbonyl (C=O) groups excluding carboxylic acids is 1. The van der Waals surface area contributed by atoms with Crippen molar-refractivity contribution in [3.8, 4) is 0 Å². The first-order valence-corrected chi connectivity index (χ1v) is 8.51. The van der Waals surface area contributed by atoms with Crippen LogP contribution in [0.2, 0.25) is 0 Å². The monoisotopic (exact) mass is 332 g/mol. The molecule has 4 rings (SSSR count). The van der Waals surface area contributed by atoms with Crippen LogP contribution in [-0.4, -0.2) is 11.1 Å². The van der Waals surface area contributed by atoms with Gasteiger partial charge in [-0.05, 0) is 34.9 Å². The Hall–Kier alpha value is -2.65. The molecular formula is C22H20O3. The fraction of sp³-hybridized carbons (Fsp3) is 0.227. The molecule has 1 N–H and O–H groups in total. The number of fused-ring (bicyclic) bond motifs is 1. The molecule has 1 aliphatic heterocycles. The second kappa shape index (κ2) is 6.01. The number of hydrogen-bond acceptors (Lipinski definition) is 3. The average molecular weight is 332 g/mol. The van der Waals surface area contributed by atoms with Gasteiger partial charge in [-0.15, -0.1) is 0 Å². The average Bonchev–Trinajstić information content (AvgIpc) is 2.97. The van der Waals surface area contributed by atoms with E-state index < -0.39 is 11.5 Å².